The molecule has 3 unspecified atom stereocenters. The topological polar surface area (TPSA) is 73.1 Å². The van der Waals surface area contributed by atoms with Crippen LogP contribution >= 0.6 is 11.6 Å². The third kappa shape index (κ3) is 4.08. The van der Waals surface area contributed by atoms with Crippen LogP contribution in [0.3, 0.4) is 0 Å². The van der Waals surface area contributed by atoms with Gasteiger partial charge in [0.1, 0.15) is 16.8 Å². The van der Waals surface area contributed by atoms with E-state index in [0.29, 0.717) is 25.6 Å². The van der Waals surface area contributed by atoms with Crippen molar-refractivity contribution in [2.24, 2.45) is 5.92 Å². The van der Waals surface area contributed by atoms with Crippen LogP contribution in [0.15, 0.2) is 42.9 Å². The highest BCUT2D eigenvalue weighted by atomic mass is 35.5. The number of aromatic nitrogens is 4. The molecule has 0 N–H and O–H groups in total. The van der Waals surface area contributed by atoms with E-state index < -0.39 is 29.6 Å². The van der Waals surface area contributed by atoms with Crippen LogP contribution in [0.5, 0.6) is 5.88 Å². The van der Waals surface area contributed by atoms with E-state index in [9.17, 15) is 22.4 Å². The average molecular weight is 496 g/mol. The van der Waals surface area contributed by atoms with Gasteiger partial charge in [-0.1, -0.05) is 17.7 Å². The minimum atomic E-state index is -4.58. The Morgan fingerprint density at radius 2 is 1.94 bits per heavy atom. The first-order chi connectivity index (χ1) is 16.2. The molecular formula is C22H18ClF4N5O2. The molecule has 1 aliphatic carbocycles. The number of fused-ring (bicyclic) bond motifs is 3. The summed E-state index contributed by atoms with van der Waals surface area (Å²) >= 11 is 6.02. The number of nitrogens with zero attached hydrogens (tertiary/aromatic N) is 5. The number of pyridine rings is 1. The Bertz CT molecular complexity index is 1220. The van der Waals surface area contributed by atoms with Crippen molar-refractivity contribution < 1.29 is 27.1 Å². The minimum Gasteiger partial charge on any atom is -0.471 e. The van der Waals surface area contributed by atoms with Crippen LogP contribution in [0, 0.1) is 11.7 Å². The number of carbonyl (C=O) groups is 1. The van der Waals surface area contributed by atoms with E-state index in [2.05, 4.69) is 15.2 Å². The Morgan fingerprint density at radius 1 is 1.18 bits per heavy atom. The van der Waals surface area contributed by atoms with Crippen LogP contribution in [0.4, 0.5) is 17.6 Å². The molecule has 12 heteroatoms. The summed E-state index contributed by atoms with van der Waals surface area (Å²) < 4.78 is 59.3. The molecule has 6 rings (SSSR count). The number of benzene rings is 1. The SMILES string of the molecule is O=C(c1cccc(F)c1-n1nccn1)N1CC2CCC1C(Oc1ncc(C(F)(F)F)cc1Cl)C2. The Hall–Kier alpha value is -3.21. The molecule has 3 atom stereocenters. The molecule has 178 valence electrons. The Kier molecular flexibility index (Phi) is 5.67. The maximum atomic E-state index is 14.7. The molecule has 3 aliphatic rings. The number of para-hydroxylation sites is 1. The van der Waals surface area contributed by atoms with Crippen molar-refractivity contribution in [2.45, 2.75) is 37.6 Å². The summed E-state index contributed by atoms with van der Waals surface area (Å²) in [5.74, 6) is -1.04. The van der Waals surface area contributed by atoms with Crippen molar-refractivity contribution >= 4 is 17.5 Å². The molecule has 3 fully saturated rings. The van der Waals surface area contributed by atoms with E-state index in [-0.39, 0.29) is 34.1 Å². The van der Waals surface area contributed by atoms with Crippen molar-refractivity contribution in [1.82, 2.24) is 24.9 Å². The van der Waals surface area contributed by atoms with Gasteiger partial charge in [-0.25, -0.2) is 9.37 Å². The summed E-state index contributed by atoms with van der Waals surface area (Å²) in [7, 11) is 0. The molecule has 1 aromatic carbocycles. The van der Waals surface area contributed by atoms with E-state index in [1.165, 1.54) is 30.6 Å². The maximum Gasteiger partial charge on any atom is 0.417 e. The second-order valence-electron chi connectivity index (χ2n) is 8.32. The van der Waals surface area contributed by atoms with E-state index in [4.69, 9.17) is 16.3 Å². The highest BCUT2D eigenvalue weighted by molar-refractivity contribution is 6.31. The van der Waals surface area contributed by atoms with Crippen LogP contribution in [0.25, 0.3) is 5.69 Å². The van der Waals surface area contributed by atoms with Gasteiger partial charge in [-0.15, -0.1) is 4.80 Å². The summed E-state index contributed by atoms with van der Waals surface area (Å²) in [6, 6.07) is 4.57. The molecule has 3 aromatic rings. The molecule has 7 nitrogen and oxygen atoms in total. The predicted octanol–water partition coefficient (Wildman–Crippen LogP) is 4.55. The first kappa shape index (κ1) is 22.6. The van der Waals surface area contributed by atoms with Gasteiger partial charge in [0.25, 0.3) is 5.91 Å². The molecule has 4 heterocycles. The number of rotatable bonds is 4. The van der Waals surface area contributed by atoms with Crippen LogP contribution in [0.2, 0.25) is 5.02 Å². The fourth-order valence-corrected chi connectivity index (χ4v) is 4.89. The van der Waals surface area contributed by atoms with Crippen LogP contribution < -0.4 is 4.74 Å². The molecule has 1 saturated carbocycles. The van der Waals surface area contributed by atoms with E-state index in [1.54, 1.807) is 4.90 Å². The van der Waals surface area contributed by atoms with Crippen molar-refractivity contribution in [2.75, 3.05) is 6.54 Å². The number of ether oxygens (including phenoxy) is 1. The number of hydrogen-bond acceptors (Lipinski definition) is 5. The van der Waals surface area contributed by atoms with Crippen molar-refractivity contribution in [1.29, 1.82) is 0 Å². The lowest BCUT2D eigenvalue weighted by Crippen LogP contribution is -2.59. The lowest BCUT2D eigenvalue weighted by Gasteiger charge is -2.49. The summed E-state index contributed by atoms with van der Waals surface area (Å²) in [5.41, 5.74) is -0.922. The lowest BCUT2D eigenvalue weighted by atomic mass is 9.77. The Labute approximate surface area is 196 Å². The van der Waals surface area contributed by atoms with Gasteiger partial charge in [-0.2, -0.15) is 23.4 Å². The normalized spacial score (nSPS) is 22.1. The third-order valence-corrected chi connectivity index (χ3v) is 6.49. The zero-order chi connectivity index (χ0) is 24.0. The summed E-state index contributed by atoms with van der Waals surface area (Å²) in [6.45, 7) is 0.458. The molecule has 0 radical (unpaired) electrons. The molecular weight excluding hydrogens is 478 g/mol. The quantitative estimate of drug-likeness (QED) is 0.497. The molecule has 2 bridgehead atoms. The van der Waals surface area contributed by atoms with E-state index in [1.807, 2.05) is 0 Å². The zero-order valence-corrected chi connectivity index (χ0v) is 18.3. The van der Waals surface area contributed by atoms with Crippen molar-refractivity contribution in [3.8, 4) is 11.6 Å². The Morgan fingerprint density at radius 3 is 2.62 bits per heavy atom. The van der Waals surface area contributed by atoms with Gasteiger partial charge in [-0.05, 0) is 43.4 Å². The fourth-order valence-electron chi connectivity index (χ4n) is 4.68. The van der Waals surface area contributed by atoms with E-state index in [0.717, 1.165) is 17.3 Å². The smallest absolute Gasteiger partial charge is 0.417 e. The predicted molar refractivity (Wildman–Crippen MR) is 112 cm³/mol. The van der Waals surface area contributed by atoms with Crippen molar-refractivity contribution in [3.05, 3.63) is 64.8 Å². The highest BCUT2D eigenvalue weighted by Crippen LogP contribution is 2.40. The molecule has 2 saturated heterocycles. The van der Waals surface area contributed by atoms with Gasteiger partial charge in [0.15, 0.2) is 5.82 Å². The number of carbonyl (C=O) groups excluding carboxylic acids is 1. The monoisotopic (exact) mass is 495 g/mol. The van der Waals surface area contributed by atoms with Gasteiger partial charge >= 0.3 is 6.18 Å². The highest BCUT2D eigenvalue weighted by Gasteiger charge is 2.45. The second-order valence-corrected chi connectivity index (χ2v) is 8.73. The second kappa shape index (κ2) is 8.53. The van der Waals surface area contributed by atoms with Crippen LogP contribution in [-0.4, -0.2) is 49.5 Å². The fraction of sp³-hybridized carbons (Fsp3) is 0.364. The number of halogens is 5. The number of piperidine rings is 2. The number of alkyl halides is 3. The molecule has 2 aliphatic heterocycles. The van der Waals surface area contributed by atoms with Gasteiger partial charge in [-0.3, -0.25) is 4.79 Å². The standard InChI is InChI=1S/C22H18ClF4N5O2/c23-15-9-13(22(25,26)27)10-28-20(15)34-18-8-12-4-5-17(18)31(11-12)21(33)14-2-1-3-16(24)19(14)32-29-6-7-30-32/h1-3,6-7,9-10,12,17-18H,4-5,8,11H2. The largest absolute Gasteiger partial charge is 0.471 e. The molecule has 2 aromatic heterocycles. The van der Waals surface area contributed by atoms with Gasteiger partial charge in [0.05, 0.1) is 29.6 Å². The van der Waals surface area contributed by atoms with E-state index >= 15 is 0 Å². The van der Waals surface area contributed by atoms with Crippen LogP contribution in [-0.2, 0) is 6.18 Å². The average Bonchev–Trinajstić information content (AvgIpc) is 3.34. The first-order valence-electron chi connectivity index (χ1n) is 10.6. The molecule has 34 heavy (non-hydrogen) atoms. The zero-order valence-electron chi connectivity index (χ0n) is 17.5. The molecule has 0 spiro atoms. The van der Waals surface area contributed by atoms with Gasteiger partial charge < -0.3 is 9.64 Å². The number of amides is 1. The lowest BCUT2D eigenvalue weighted by molar-refractivity contribution is -0.137. The maximum absolute atomic E-state index is 14.7. The number of hydrogen-bond donors (Lipinski definition) is 0. The first-order valence-corrected chi connectivity index (χ1v) is 11.0. The third-order valence-electron chi connectivity index (χ3n) is 6.22. The minimum absolute atomic E-state index is 0.0520. The Balaban J connectivity index is 1.42. The van der Waals surface area contributed by atoms with Crippen molar-refractivity contribution in [3.63, 3.8) is 0 Å². The van der Waals surface area contributed by atoms with Gasteiger partial charge in [0.2, 0.25) is 5.88 Å². The van der Waals surface area contributed by atoms with Gasteiger partial charge in [0, 0.05) is 12.7 Å². The summed E-state index contributed by atoms with van der Waals surface area (Å²) in [4.78, 5) is 20.0. The summed E-state index contributed by atoms with van der Waals surface area (Å²) in [5, 5.41) is 7.65. The van der Waals surface area contributed by atoms with Crippen LogP contribution in [0.1, 0.15) is 35.2 Å². The summed E-state index contributed by atoms with van der Waals surface area (Å²) in [6.07, 6.45) is 0.448. The molecule has 1 amide bonds.